The van der Waals surface area contributed by atoms with E-state index in [0.29, 0.717) is 26.1 Å². The molecule has 0 radical (unpaired) electrons. The minimum absolute atomic E-state index is 0.286. The van der Waals surface area contributed by atoms with E-state index in [1.807, 2.05) is 12.1 Å². The van der Waals surface area contributed by atoms with E-state index in [9.17, 15) is 4.79 Å². The molecule has 6 heteroatoms. The Morgan fingerprint density at radius 1 is 1.15 bits per heavy atom. The lowest BCUT2D eigenvalue weighted by molar-refractivity contribution is 0.103. The van der Waals surface area contributed by atoms with Crippen LogP contribution in [0.5, 0.6) is 0 Å². The van der Waals surface area contributed by atoms with Gasteiger partial charge >= 0.3 is 0 Å². The van der Waals surface area contributed by atoms with Gasteiger partial charge in [0.1, 0.15) is 10.7 Å². The molecule has 20 heavy (non-hydrogen) atoms. The molecule has 3 rings (SSSR count). The lowest BCUT2D eigenvalue weighted by atomic mass is 10.2. The molecule has 3 nitrogen and oxygen atoms in total. The SMILES string of the molecule is O=C(Nc1ccccn1)c1sc2cccc(Cl)c2c1Cl. The summed E-state index contributed by atoms with van der Waals surface area (Å²) in [6.07, 6.45) is 1.61. The van der Waals surface area contributed by atoms with Crippen molar-refractivity contribution in [1.29, 1.82) is 0 Å². The molecule has 0 fully saturated rings. The second kappa shape index (κ2) is 5.40. The van der Waals surface area contributed by atoms with Crippen molar-refractivity contribution in [2.45, 2.75) is 0 Å². The zero-order chi connectivity index (χ0) is 14.1. The summed E-state index contributed by atoms with van der Waals surface area (Å²) in [5.74, 6) is 0.197. The molecule has 0 bridgehead atoms. The summed E-state index contributed by atoms with van der Waals surface area (Å²) >= 11 is 13.7. The van der Waals surface area contributed by atoms with Crippen LogP contribution in [0.15, 0.2) is 42.6 Å². The summed E-state index contributed by atoms with van der Waals surface area (Å²) in [6.45, 7) is 0. The number of nitrogens with zero attached hydrogens (tertiary/aromatic N) is 1. The molecule has 0 aliphatic carbocycles. The van der Waals surface area contributed by atoms with Crippen molar-refractivity contribution in [1.82, 2.24) is 4.98 Å². The van der Waals surface area contributed by atoms with Gasteiger partial charge in [0.05, 0.1) is 10.0 Å². The van der Waals surface area contributed by atoms with Crippen LogP contribution in [0.4, 0.5) is 5.82 Å². The average molecular weight is 323 g/mol. The highest BCUT2D eigenvalue weighted by molar-refractivity contribution is 7.21. The zero-order valence-electron chi connectivity index (χ0n) is 10.1. The molecule has 2 aromatic heterocycles. The summed E-state index contributed by atoms with van der Waals surface area (Å²) in [7, 11) is 0. The van der Waals surface area contributed by atoms with Crippen molar-refractivity contribution in [2.75, 3.05) is 5.32 Å². The number of carbonyl (C=O) groups excluding carboxylic acids is 1. The quantitative estimate of drug-likeness (QED) is 0.732. The van der Waals surface area contributed by atoms with Gasteiger partial charge < -0.3 is 5.32 Å². The van der Waals surface area contributed by atoms with Crippen LogP contribution in [0, 0.1) is 0 Å². The maximum absolute atomic E-state index is 12.2. The van der Waals surface area contributed by atoms with E-state index in [1.54, 1.807) is 30.5 Å². The van der Waals surface area contributed by atoms with Crippen molar-refractivity contribution in [3.05, 3.63) is 57.5 Å². The largest absolute Gasteiger partial charge is 0.306 e. The number of amides is 1. The van der Waals surface area contributed by atoms with Crippen LogP contribution in [0.1, 0.15) is 9.67 Å². The van der Waals surface area contributed by atoms with Gasteiger partial charge in [0.15, 0.2) is 0 Å². The number of hydrogen-bond donors (Lipinski definition) is 1. The van der Waals surface area contributed by atoms with Gasteiger partial charge in [0.25, 0.3) is 5.91 Å². The van der Waals surface area contributed by atoms with E-state index in [0.717, 1.165) is 4.70 Å². The molecule has 0 aliphatic heterocycles. The molecule has 0 saturated heterocycles. The molecule has 0 atom stereocenters. The number of rotatable bonds is 2. The molecule has 1 amide bonds. The summed E-state index contributed by atoms with van der Waals surface area (Å²) in [4.78, 5) is 16.7. The molecule has 2 heterocycles. The predicted octanol–water partition coefficient (Wildman–Crippen LogP) is 4.86. The third-order valence-electron chi connectivity index (χ3n) is 2.72. The number of benzene rings is 1. The lowest BCUT2D eigenvalue weighted by Crippen LogP contribution is -2.11. The molecule has 0 saturated carbocycles. The van der Waals surface area contributed by atoms with Gasteiger partial charge in [-0.3, -0.25) is 4.79 Å². The molecule has 1 aromatic carbocycles. The van der Waals surface area contributed by atoms with Crippen LogP contribution in [-0.4, -0.2) is 10.9 Å². The number of pyridine rings is 1. The Kier molecular flexibility index (Phi) is 3.61. The van der Waals surface area contributed by atoms with E-state index < -0.39 is 0 Å². The topological polar surface area (TPSA) is 42.0 Å². The fraction of sp³-hybridized carbons (Fsp3) is 0. The number of carbonyl (C=O) groups is 1. The van der Waals surface area contributed by atoms with Crippen LogP contribution >= 0.6 is 34.5 Å². The van der Waals surface area contributed by atoms with Gasteiger partial charge in [-0.25, -0.2) is 4.98 Å². The third kappa shape index (κ3) is 2.38. The van der Waals surface area contributed by atoms with E-state index in [-0.39, 0.29) is 5.91 Å². The normalized spacial score (nSPS) is 10.7. The number of fused-ring (bicyclic) bond motifs is 1. The molecule has 0 spiro atoms. The van der Waals surface area contributed by atoms with Crippen molar-refractivity contribution in [3.63, 3.8) is 0 Å². The standard InChI is InChI=1S/C14H8Cl2N2OS/c15-8-4-3-5-9-11(8)12(16)13(20-9)14(19)18-10-6-1-2-7-17-10/h1-7H,(H,17,18,19). The van der Waals surface area contributed by atoms with Crippen LogP contribution in [0.3, 0.4) is 0 Å². The second-order valence-corrected chi connectivity index (χ2v) is 5.86. The van der Waals surface area contributed by atoms with E-state index in [1.165, 1.54) is 11.3 Å². The minimum atomic E-state index is -0.286. The van der Waals surface area contributed by atoms with Gasteiger partial charge in [0, 0.05) is 16.3 Å². The van der Waals surface area contributed by atoms with Gasteiger partial charge in [-0.2, -0.15) is 0 Å². The van der Waals surface area contributed by atoms with Gasteiger partial charge in [-0.15, -0.1) is 11.3 Å². The Morgan fingerprint density at radius 3 is 2.70 bits per heavy atom. The first kappa shape index (κ1) is 13.4. The molecule has 1 N–H and O–H groups in total. The fourth-order valence-corrected chi connectivity index (χ4v) is 3.68. The number of anilines is 1. The molecule has 0 unspecified atom stereocenters. The molecule has 0 aliphatic rings. The highest BCUT2D eigenvalue weighted by Gasteiger charge is 2.19. The van der Waals surface area contributed by atoms with Crippen molar-refractivity contribution < 1.29 is 4.79 Å². The Balaban J connectivity index is 2.00. The van der Waals surface area contributed by atoms with Crippen molar-refractivity contribution in [2.24, 2.45) is 0 Å². The van der Waals surface area contributed by atoms with Crippen LogP contribution in [0.2, 0.25) is 10.0 Å². The first-order chi connectivity index (χ1) is 9.66. The van der Waals surface area contributed by atoms with Crippen LogP contribution < -0.4 is 5.32 Å². The number of aromatic nitrogens is 1. The Bertz CT molecular complexity index is 786. The van der Waals surface area contributed by atoms with Crippen molar-refractivity contribution in [3.8, 4) is 0 Å². The Morgan fingerprint density at radius 2 is 2.00 bits per heavy atom. The summed E-state index contributed by atoms with van der Waals surface area (Å²) in [6, 6.07) is 10.8. The number of hydrogen-bond acceptors (Lipinski definition) is 3. The number of halogens is 2. The summed E-state index contributed by atoms with van der Waals surface area (Å²) in [5.41, 5.74) is 0. The Labute approximate surface area is 129 Å². The van der Waals surface area contributed by atoms with Crippen LogP contribution in [-0.2, 0) is 0 Å². The highest BCUT2D eigenvalue weighted by Crippen LogP contribution is 2.39. The maximum atomic E-state index is 12.2. The maximum Gasteiger partial charge on any atom is 0.268 e. The smallest absolute Gasteiger partial charge is 0.268 e. The first-order valence-corrected chi connectivity index (χ1v) is 7.33. The van der Waals surface area contributed by atoms with E-state index >= 15 is 0 Å². The molecular formula is C14H8Cl2N2OS. The minimum Gasteiger partial charge on any atom is -0.306 e. The molecule has 3 aromatic rings. The first-order valence-electron chi connectivity index (χ1n) is 5.75. The predicted molar refractivity (Wildman–Crippen MR) is 84.0 cm³/mol. The lowest BCUT2D eigenvalue weighted by Gasteiger charge is -2.02. The zero-order valence-corrected chi connectivity index (χ0v) is 12.4. The van der Waals surface area contributed by atoms with Gasteiger partial charge in [-0.1, -0.05) is 35.3 Å². The molecule has 100 valence electrons. The van der Waals surface area contributed by atoms with Gasteiger partial charge in [0.2, 0.25) is 0 Å². The number of nitrogens with one attached hydrogen (secondary N) is 1. The second-order valence-electron chi connectivity index (χ2n) is 4.03. The molecular weight excluding hydrogens is 315 g/mol. The average Bonchev–Trinajstić information content (AvgIpc) is 2.79. The van der Waals surface area contributed by atoms with E-state index in [2.05, 4.69) is 10.3 Å². The Hall–Kier alpha value is -1.62. The van der Waals surface area contributed by atoms with Gasteiger partial charge in [-0.05, 0) is 24.3 Å². The summed E-state index contributed by atoms with van der Waals surface area (Å²) < 4.78 is 0.883. The third-order valence-corrected chi connectivity index (χ3v) is 4.68. The fourth-order valence-electron chi connectivity index (χ4n) is 1.83. The van der Waals surface area contributed by atoms with Crippen LogP contribution in [0.25, 0.3) is 10.1 Å². The van der Waals surface area contributed by atoms with E-state index in [4.69, 9.17) is 23.2 Å². The van der Waals surface area contributed by atoms with Crippen molar-refractivity contribution >= 4 is 56.3 Å². The number of thiophene rings is 1. The monoisotopic (exact) mass is 322 g/mol. The highest BCUT2D eigenvalue weighted by atomic mass is 35.5. The summed E-state index contributed by atoms with van der Waals surface area (Å²) in [5, 5.41) is 4.35.